The van der Waals surface area contributed by atoms with Crippen LogP contribution in [0.5, 0.6) is 11.5 Å². The maximum absolute atomic E-state index is 9.55. The molecule has 0 fully saturated rings. The second-order valence-corrected chi connectivity index (χ2v) is 6.38. The van der Waals surface area contributed by atoms with E-state index < -0.39 is 0 Å². The van der Waals surface area contributed by atoms with E-state index in [4.69, 9.17) is 0 Å². The number of phenolic OH excluding ortho intramolecular Hbond substituents is 2. The van der Waals surface area contributed by atoms with E-state index in [2.05, 4.69) is 23.9 Å². The first-order valence-corrected chi connectivity index (χ1v) is 8.86. The summed E-state index contributed by atoms with van der Waals surface area (Å²) in [4.78, 5) is 0. The molecule has 0 unspecified atom stereocenters. The molecule has 3 rings (SSSR count). The van der Waals surface area contributed by atoms with Crippen LogP contribution in [0.4, 0.5) is 0 Å². The van der Waals surface area contributed by atoms with Crippen LogP contribution in [0.25, 0.3) is 0 Å². The van der Waals surface area contributed by atoms with Crippen molar-refractivity contribution in [3.63, 3.8) is 0 Å². The van der Waals surface area contributed by atoms with Crippen LogP contribution in [0.15, 0.2) is 78.9 Å². The lowest BCUT2D eigenvalue weighted by Crippen LogP contribution is -2.16. The first kappa shape index (κ1) is 20.8. The van der Waals surface area contributed by atoms with Crippen LogP contribution in [0.2, 0.25) is 0 Å². The number of rotatable bonds is 8. The molecule has 0 saturated carbocycles. The number of nitrogens with one attached hydrogen (secondary N) is 1. The number of hydrogen-bond donors (Lipinski definition) is 3. The van der Waals surface area contributed by atoms with Gasteiger partial charge in [0.2, 0.25) is 0 Å². The van der Waals surface area contributed by atoms with Crippen molar-refractivity contribution in [2.45, 2.75) is 18.9 Å². The summed E-state index contributed by atoms with van der Waals surface area (Å²) in [5, 5.41) is 22.5. The summed E-state index contributed by atoms with van der Waals surface area (Å²) in [6, 6.07) is 25.0. The van der Waals surface area contributed by atoms with Gasteiger partial charge < -0.3 is 15.5 Å². The van der Waals surface area contributed by atoms with Crippen LogP contribution >= 0.6 is 12.4 Å². The summed E-state index contributed by atoms with van der Waals surface area (Å²) < 4.78 is 0. The van der Waals surface area contributed by atoms with E-state index in [0.29, 0.717) is 0 Å². The van der Waals surface area contributed by atoms with Crippen LogP contribution in [0, 0.1) is 6.42 Å². The van der Waals surface area contributed by atoms with E-state index in [-0.39, 0.29) is 29.8 Å². The van der Waals surface area contributed by atoms with E-state index in [1.165, 1.54) is 5.56 Å². The van der Waals surface area contributed by atoms with Crippen molar-refractivity contribution in [3.05, 3.63) is 102 Å². The highest BCUT2D eigenvalue weighted by Crippen LogP contribution is 2.30. The fourth-order valence-electron chi connectivity index (χ4n) is 3.04. The van der Waals surface area contributed by atoms with Crippen LogP contribution in [0.1, 0.15) is 29.0 Å². The highest BCUT2D eigenvalue weighted by molar-refractivity contribution is 5.85. The van der Waals surface area contributed by atoms with E-state index in [0.717, 1.165) is 30.6 Å². The minimum absolute atomic E-state index is 0. The first-order valence-electron chi connectivity index (χ1n) is 8.86. The molecule has 3 aromatic carbocycles. The van der Waals surface area contributed by atoms with Crippen LogP contribution < -0.4 is 5.32 Å². The molecule has 0 amide bonds. The molecular weight excluding hydrogens is 358 g/mol. The molecule has 0 aliphatic heterocycles. The van der Waals surface area contributed by atoms with Crippen molar-refractivity contribution in [2.75, 3.05) is 6.54 Å². The number of hydrogen-bond acceptors (Lipinski definition) is 3. The summed E-state index contributed by atoms with van der Waals surface area (Å²) in [5.74, 6) is 0.730. The van der Waals surface area contributed by atoms with Crippen molar-refractivity contribution in [2.24, 2.45) is 0 Å². The van der Waals surface area contributed by atoms with Gasteiger partial charge in [-0.15, -0.1) is 12.4 Å². The Bertz CT molecular complexity index is 743. The van der Waals surface area contributed by atoms with Crippen molar-refractivity contribution in [1.29, 1.82) is 0 Å². The zero-order chi connectivity index (χ0) is 18.2. The molecule has 3 aromatic rings. The maximum Gasteiger partial charge on any atom is 0.115 e. The molecule has 0 heterocycles. The Hall–Kier alpha value is -2.49. The summed E-state index contributed by atoms with van der Waals surface area (Å²) in [7, 11) is 0. The van der Waals surface area contributed by atoms with Crippen LogP contribution in [-0.4, -0.2) is 16.8 Å². The van der Waals surface area contributed by atoms with Gasteiger partial charge in [0.15, 0.2) is 0 Å². The average Bonchev–Trinajstić information content (AvgIpc) is 2.67. The molecule has 4 heteroatoms. The third-order valence-corrected chi connectivity index (χ3v) is 4.45. The van der Waals surface area contributed by atoms with Crippen LogP contribution in [-0.2, 0) is 6.54 Å². The molecule has 3 N–H and O–H groups in total. The number of phenols is 2. The third-order valence-electron chi connectivity index (χ3n) is 4.45. The first-order chi connectivity index (χ1) is 12.7. The third kappa shape index (κ3) is 6.31. The van der Waals surface area contributed by atoms with Gasteiger partial charge in [-0.25, -0.2) is 0 Å². The predicted octanol–water partition coefficient (Wildman–Crippen LogP) is 5.04. The molecule has 0 atom stereocenters. The van der Waals surface area contributed by atoms with Gasteiger partial charge in [-0.3, -0.25) is 0 Å². The minimum Gasteiger partial charge on any atom is -0.508 e. The Morgan fingerprint density at radius 3 is 1.78 bits per heavy atom. The minimum atomic E-state index is 0. The number of benzene rings is 3. The summed E-state index contributed by atoms with van der Waals surface area (Å²) in [6.07, 6.45) is 3.12. The zero-order valence-corrected chi connectivity index (χ0v) is 15.9. The Morgan fingerprint density at radius 2 is 1.26 bits per heavy atom. The molecule has 0 aromatic heterocycles. The second-order valence-electron chi connectivity index (χ2n) is 6.38. The fraction of sp³-hybridized carbons (Fsp3) is 0.174. The molecule has 141 valence electrons. The smallest absolute Gasteiger partial charge is 0.115 e. The summed E-state index contributed by atoms with van der Waals surface area (Å²) >= 11 is 0. The normalized spacial score (nSPS) is 10.6. The molecule has 0 aliphatic carbocycles. The van der Waals surface area contributed by atoms with E-state index in [1.807, 2.05) is 42.5 Å². The maximum atomic E-state index is 9.55. The monoisotopic (exact) mass is 382 g/mol. The van der Waals surface area contributed by atoms with Gasteiger partial charge in [0.1, 0.15) is 11.5 Å². The van der Waals surface area contributed by atoms with Gasteiger partial charge in [0, 0.05) is 12.5 Å². The van der Waals surface area contributed by atoms with E-state index in [9.17, 15) is 10.2 Å². The molecular formula is C23H25ClNO2. The predicted molar refractivity (Wildman–Crippen MR) is 112 cm³/mol. The van der Waals surface area contributed by atoms with Gasteiger partial charge in [-0.2, -0.15) is 0 Å². The molecule has 0 aliphatic rings. The lowest BCUT2D eigenvalue weighted by Gasteiger charge is -2.18. The van der Waals surface area contributed by atoms with Gasteiger partial charge >= 0.3 is 0 Å². The molecule has 3 nitrogen and oxygen atoms in total. The van der Waals surface area contributed by atoms with Crippen molar-refractivity contribution in [3.8, 4) is 11.5 Å². The SMILES string of the molecule is Cl.Oc1ccc(C(C[CH]CNCc2ccccc2)c2ccc(O)cc2)cc1. The van der Waals surface area contributed by atoms with Gasteiger partial charge in [-0.05, 0) is 60.3 Å². The van der Waals surface area contributed by atoms with E-state index >= 15 is 0 Å². The number of halogens is 1. The summed E-state index contributed by atoms with van der Waals surface area (Å²) in [5.41, 5.74) is 3.56. The highest BCUT2D eigenvalue weighted by atomic mass is 35.5. The van der Waals surface area contributed by atoms with Gasteiger partial charge in [0.05, 0.1) is 0 Å². The van der Waals surface area contributed by atoms with Gasteiger partial charge in [-0.1, -0.05) is 54.6 Å². The Balaban J connectivity index is 0.00000261. The largest absolute Gasteiger partial charge is 0.508 e. The Kier molecular flexibility index (Phi) is 8.18. The molecule has 0 bridgehead atoms. The molecule has 1 radical (unpaired) electrons. The quantitative estimate of drug-likeness (QED) is 0.478. The highest BCUT2D eigenvalue weighted by Gasteiger charge is 2.14. The molecule has 0 spiro atoms. The summed E-state index contributed by atoms with van der Waals surface area (Å²) in [6.45, 7) is 1.67. The number of aromatic hydroxyl groups is 2. The lowest BCUT2D eigenvalue weighted by molar-refractivity contribution is 0.475. The van der Waals surface area contributed by atoms with E-state index in [1.54, 1.807) is 24.3 Å². The van der Waals surface area contributed by atoms with Crippen molar-refractivity contribution in [1.82, 2.24) is 5.32 Å². The average molecular weight is 383 g/mol. The topological polar surface area (TPSA) is 52.5 Å². The standard InChI is InChI=1S/C23H24NO2.ClH/c25-21-12-8-19(9-13-21)23(20-10-14-22(26)15-11-20)7-4-16-24-17-18-5-2-1-3-6-18;/h1-6,8-15,23-26H,7,16-17H2;1H. The zero-order valence-electron chi connectivity index (χ0n) is 15.1. The van der Waals surface area contributed by atoms with Crippen LogP contribution in [0.3, 0.4) is 0 Å². The second kappa shape index (κ2) is 10.6. The Labute approximate surface area is 167 Å². The van der Waals surface area contributed by atoms with Gasteiger partial charge in [0.25, 0.3) is 0 Å². The lowest BCUT2D eigenvalue weighted by atomic mass is 9.87. The molecule has 27 heavy (non-hydrogen) atoms. The fourth-order valence-corrected chi connectivity index (χ4v) is 3.04. The van der Waals surface area contributed by atoms with Crippen molar-refractivity contribution < 1.29 is 10.2 Å². The van der Waals surface area contributed by atoms with Crippen molar-refractivity contribution >= 4 is 12.4 Å². The molecule has 0 saturated heterocycles. The Morgan fingerprint density at radius 1 is 0.741 bits per heavy atom.